The Balaban J connectivity index is 2.33. The van der Waals surface area contributed by atoms with Crippen LogP contribution in [0.1, 0.15) is 33.1 Å². The first-order valence-electron chi connectivity index (χ1n) is 5.76. The van der Waals surface area contributed by atoms with Crippen molar-refractivity contribution in [3.05, 3.63) is 0 Å². The zero-order valence-corrected chi connectivity index (χ0v) is 10.6. The molecule has 0 radical (unpaired) electrons. The first kappa shape index (κ1) is 12.9. The highest BCUT2D eigenvalue weighted by Gasteiger charge is 2.23. The van der Waals surface area contributed by atoms with Crippen LogP contribution in [0.15, 0.2) is 0 Å². The number of hydrogen-bond donors (Lipinski definition) is 1. The summed E-state index contributed by atoms with van der Waals surface area (Å²) in [5.41, 5.74) is 5.74. The zero-order valence-electron chi connectivity index (χ0n) is 9.74. The second-order valence-electron chi connectivity index (χ2n) is 4.37. The van der Waals surface area contributed by atoms with E-state index in [9.17, 15) is 0 Å². The molecule has 0 aromatic heterocycles. The normalized spacial score (nSPS) is 23.3. The summed E-state index contributed by atoms with van der Waals surface area (Å²) in [5.74, 6) is 0. The molecule has 0 aromatic rings. The van der Waals surface area contributed by atoms with E-state index in [0.29, 0.717) is 17.1 Å². The lowest BCUT2D eigenvalue weighted by Gasteiger charge is -2.34. The van der Waals surface area contributed by atoms with Crippen molar-refractivity contribution < 1.29 is 4.74 Å². The van der Waals surface area contributed by atoms with Gasteiger partial charge in [0.05, 0.1) is 23.7 Å². The lowest BCUT2D eigenvalue weighted by Crippen LogP contribution is -2.48. The van der Waals surface area contributed by atoms with Gasteiger partial charge < -0.3 is 10.5 Å². The molecule has 0 aromatic carbocycles. The lowest BCUT2D eigenvalue weighted by molar-refractivity contribution is 0.0494. The smallest absolute Gasteiger partial charge is 0.0902 e. The highest BCUT2D eigenvalue weighted by atomic mass is 32.1. The Bertz CT molecular complexity index is 209. The van der Waals surface area contributed by atoms with Gasteiger partial charge >= 0.3 is 0 Å². The Morgan fingerprint density at radius 3 is 2.87 bits per heavy atom. The summed E-state index contributed by atoms with van der Waals surface area (Å²) in [7, 11) is 0. The van der Waals surface area contributed by atoms with Crippen molar-refractivity contribution >= 4 is 17.2 Å². The van der Waals surface area contributed by atoms with Gasteiger partial charge in [-0.2, -0.15) is 0 Å². The van der Waals surface area contributed by atoms with Gasteiger partial charge in [0.25, 0.3) is 0 Å². The molecule has 4 heteroatoms. The van der Waals surface area contributed by atoms with Crippen LogP contribution in [0.4, 0.5) is 0 Å². The third-order valence-electron chi connectivity index (χ3n) is 2.77. The van der Waals surface area contributed by atoms with Crippen LogP contribution in [-0.4, -0.2) is 41.7 Å². The topological polar surface area (TPSA) is 38.5 Å². The molecule has 1 aliphatic rings. The molecule has 1 fully saturated rings. The third-order valence-corrected chi connectivity index (χ3v) is 3.04. The second kappa shape index (κ2) is 6.40. The molecular formula is C11H22N2OS. The van der Waals surface area contributed by atoms with Gasteiger partial charge in [-0.05, 0) is 33.2 Å². The maximum Gasteiger partial charge on any atom is 0.0902 e. The van der Waals surface area contributed by atoms with Crippen LogP contribution in [0.25, 0.3) is 0 Å². The molecule has 0 saturated carbocycles. The molecule has 0 aliphatic carbocycles. The highest BCUT2D eigenvalue weighted by molar-refractivity contribution is 7.80. The Kier molecular flexibility index (Phi) is 5.50. The maximum absolute atomic E-state index is 5.74. The molecule has 0 bridgehead atoms. The van der Waals surface area contributed by atoms with E-state index in [1.165, 1.54) is 12.8 Å². The molecule has 1 heterocycles. The summed E-state index contributed by atoms with van der Waals surface area (Å²) in [6, 6.07) is 0.296. The molecule has 1 saturated heterocycles. The van der Waals surface area contributed by atoms with Crippen molar-refractivity contribution in [3.8, 4) is 0 Å². The molecule has 2 N–H and O–H groups in total. The number of piperidine rings is 1. The average Bonchev–Trinajstić information content (AvgIpc) is 2.17. The minimum absolute atomic E-state index is 0.296. The van der Waals surface area contributed by atoms with E-state index in [0.717, 1.165) is 26.1 Å². The Morgan fingerprint density at radius 1 is 1.53 bits per heavy atom. The molecule has 0 spiro atoms. The van der Waals surface area contributed by atoms with Crippen LogP contribution < -0.4 is 5.73 Å². The van der Waals surface area contributed by atoms with Crippen molar-refractivity contribution in [2.75, 3.05) is 19.7 Å². The Morgan fingerprint density at radius 2 is 2.27 bits per heavy atom. The van der Waals surface area contributed by atoms with E-state index in [-0.39, 0.29) is 0 Å². The van der Waals surface area contributed by atoms with Gasteiger partial charge in [0.15, 0.2) is 0 Å². The average molecular weight is 230 g/mol. The maximum atomic E-state index is 5.74. The van der Waals surface area contributed by atoms with Gasteiger partial charge in [0.2, 0.25) is 0 Å². The fraction of sp³-hybridized carbons (Fsp3) is 0.909. The SMILES string of the molecule is CC(C)OCCN1CCCCC1C(N)=S. The van der Waals surface area contributed by atoms with Gasteiger partial charge in [-0.3, -0.25) is 4.90 Å². The molecular weight excluding hydrogens is 208 g/mol. The quantitative estimate of drug-likeness (QED) is 0.727. The van der Waals surface area contributed by atoms with Crippen LogP contribution in [-0.2, 0) is 4.74 Å². The minimum Gasteiger partial charge on any atom is -0.392 e. The number of nitrogens with two attached hydrogens (primary N) is 1. The van der Waals surface area contributed by atoms with Crippen LogP contribution in [0.3, 0.4) is 0 Å². The van der Waals surface area contributed by atoms with Crippen molar-refractivity contribution in [2.24, 2.45) is 5.73 Å². The standard InChI is InChI=1S/C11H22N2OS/c1-9(2)14-8-7-13-6-4-3-5-10(13)11(12)15/h9-10H,3-8H2,1-2H3,(H2,12,15). The molecule has 1 unspecified atom stereocenters. The predicted molar refractivity (Wildman–Crippen MR) is 67.1 cm³/mol. The van der Waals surface area contributed by atoms with Crippen molar-refractivity contribution in [2.45, 2.75) is 45.3 Å². The molecule has 15 heavy (non-hydrogen) atoms. The highest BCUT2D eigenvalue weighted by Crippen LogP contribution is 2.16. The number of thiocarbonyl (C=S) groups is 1. The van der Waals surface area contributed by atoms with Crippen molar-refractivity contribution in [3.63, 3.8) is 0 Å². The predicted octanol–water partition coefficient (Wildman–Crippen LogP) is 1.55. The van der Waals surface area contributed by atoms with Crippen LogP contribution in [0, 0.1) is 0 Å². The number of hydrogen-bond acceptors (Lipinski definition) is 3. The van der Waals surface area contributed by atoms with Crippen LogP contribution in [0.5, 0.6) is 0 Å². The van der Waals surface area contributed by atoms with Gasteiger partial charge in [-0.25, -0.2) is 0 Å². The summed E-state index contributed by atoms with van der Waals surface area (Å²) >= 11 is 5.09. The van der Waals surface area contributed by atoms with Crippen molar-refractivity contribution in [1.29, 1.82) is 0 Å². The summed E-state index contributed by atoms with van der Waals surface area (Å²) in [4.78, 5) is 2.99. The zero-order chi connectivity index (χ0) is 11.3. The van der Waals surface area contributed by atoms with Crippen LogP contribution in [0.2, 0.25) is 0 Å². The van der Waals surface area contributed by atoms with E-state index < -0.39 is 0 Å². The Hall–Kier alpha value is -0.190. The molecule has 1 atom stereocenters. The minimum atomic E-state index is 0.296. The van der Waals surface area contributed by atoms with Gasteiger partial charge in [-0.1, -0.05) is 18.6 Å². The second-order valence-corrected chi connectivity index (χ2v) is 4.84. The van der Waals surface area contributed by atoms with E-state index in [4.69, 9.17) is 22.7 Å². The van der Waals surface area contributed by atoms with Crippen LogP contribution >= 0.6 is 12.2 Å². The summed E-state index contributed by atoms with van der Waals surface area (Å²) in [5, 5.41) is 0. The van der Waals surface area contributed by atoms with E-state index >= 15 is 0 Å². The third kappa shape index (κ3) is 4.45. The first-order chi connectivity index (χ1) is 7.11. The molecule has 1 aliphatic heterocycles. The van der Waals surface area contributed by atoms with Gasteiger partial charge in [-0.15, -0.1) is 0 Å². The number of likely N-dealkylation sites (tertiary alicyclic amines) is 1. The first-order valence-corrected chi connectivity index (χ1v) is 6.17. The fourth-order valence-electron chi connectivity index (χ4n) is 1.99. The van der Waals surface area contributed by atoms with E-state index in [1.807, 2.05) is 0 Å². The van der Waals surface area contributed by atoms with Gasteiger partial charge in [0.1, 0.15) is 0 Å². The number of rotatable bonds is 5. The number of nitrogens with zero attached hydrogens (tertiary/aromatic N) is 1. The summed E-state index contributed by atoms with van der Waals surface area (Å²) in [6.07, 6.45) is 3.90. The summed E-state index contributed by atoms with van der Waals surface area (Å²) in [6.45, 7) is 6.93. The Labute approximate surface area is 98.0 Å². The lowest BCUT2D eigenvalue weighted by atomic mass is 10.0. The summed E-state index contributed by atoms with van der Waals surface area (Å²) < 4.78 is 5.55. The van der Waals surface area contributed by atoms with Gasteiger partial charge in [0, 0.05) is 6.54 Å². The fourth-order valence-corrected chi connectivity index (χ4v) is 2.25. The monoisotopic (exact) mass is 230 g/mol. The molecule has 0 amide bonds. The van der Waals surface area contributed by atoms with E-state index in [2.05, 4.69) is 18.7 Å². The van der Waals surface area contributed by atoms with E-state index in [1.54, 1.807) is 0 Å². The molecule has 88 valence electrons. The molecule has 1 rings (SSSR count). The number of ether oxygens (including phenoxy) is 1. The van der Waals surface area contributed by atoms with Crippen molar-refractivity contribution in [1.82, 2.24) is 4.90 Å². The largest absolute Gasteiger partial charge is 0.392 e. The molecule has 3 nitrogen and oxygen atoms in total.